The molecule has 1 aromatic heterocycles. The van der Waals surface area contributed by atoms with Crippen molar-refractivity contribution in [2.45, 2.75) is 44.9 Å². The van der Waals surface area contributed by atoms with E-state index in [9.17, 15) is 0 Å². The lowest BCUT2D eigenvalue weighted by Gasteiger charge is -2.59. The highest BCUT2D eigenvalue weighted by Crippen LogP contribution is 2.50. The number of hydrogen-bond acceptors (Lipinski definition) is 2. The Morgan fingerprint density at radius 3 is 2.34 bits per heavy atom. The van der Waals surface area contributed by atoms with E-state index in [-0.39, 0.29) is 23.1 Å². The van der Waals surface area contributed by atoms with Gasteiger partial charge in [-0.05, 0) is 57.6 Å². The summed E-state index contributed by atoms with van der Waals surface area (Å²) in [6, 6.07) is 31.5. The van der Waals surface area contributed by atoms with Crippen molar-refractivity contribution in [1.82, 2.24) is 4.98 Å². The SMILES string of the molecule is C=CCO[C@H](c1ccnc2ccccc12)[C@@H]1C[C@@H]2CC[N+]1(Cc1c3ccccc3cc3ccccc13)C[C@@H]2CC.[Br-]. The molecule has 4 heteroatoms. The Morgan fingerprint density at radius 1 is 0.951 bits per heavy atom. The average molecular weight is 608 g/mol. The van der Waals surface area contributed by atoms with E-state index < -0.39 is 0 Å². The van der Waals surface area contributed by atoms with E-state index in [1.807, 2.05) is 12.3 Å². The van der Waals surface area contributed by atoms with Crippen LogP contribution in [0, 0.1) is 11.8 Å². The van der Waals surface area contributed by atoms with Crippen LogP contribution < -0.4 is 17.0 Å². The molecule has 210 valence electrons. The van der Waals surface area contributed by atoms with Crippen LogP contribution in [0.25, 0.3) is 32.4 Å². The number of rotatable bonds is 8. The van der Waals surface area contributed by atoms with Gasteiger partial charge in [0.25, 0.3) is 0 Å². The second kappa shape index (κ2) is 11.7. The number of fused-ring (bicyclic) bond motifs is 6. The van der Waals surface area contributed by atoms with Gasteiger partial charge in [0.05, 0.1) is 25.2 Å². The number of hydrogen-bond donors (Lipinski definition) is 0. The molecule has 3 saturated heterocycles. The van der Waals surface area contributed by atoms with E-state index in [4.69, 9.17) is 9.72 Å². The lowest BCUT2D eigenvalue weighted by atomic mass is 9.70. The minimum atomic E-state index is -0.00672. The fraction of sp³-hybridized carbons (Fsp3) is 0.324. The van der Waals surface area contributed by atoms with Gasteiger partial charge in [0.2, 0.25) is 0 Å². The van der Waals surface area contributed by atoms with E-state index in [0.29, 0.717) is 12.6 Å². The molecular formula is C37H39BrN2O. The Labute approximate surface area is 254 Å². The molecule has 4 aromatic carbocycles. The van der Waals surface area contributed by atoms with E-state index in [1.165, 1.54) is 70.4 Å². The van der Waals surface area contributed by atoms with E-state index in [2.05, 4.69) is 98.4 Å². The van der Waals surface area contributed by atoms with Gasteiger partial charge in [-0.3, -0.25) is 4.98 Å². The second-order valence-corrected chi connectivity index (χ2v) is 12.1. The summed E-state index contributed by atoms with van der Waals surface area (Å²) < 4.78 is 7.91. The number of pyridine rings is 1. The number of ether oxygens (including phenoxy) is 1. The molecule has 3 aliphatic heterocycles. The second-order valence-electron chi connectivity index (χ2n) is 12.1. The lowest BCUT2D eigenvalue weighted by Crippen LogP contribution is -3.00. The summed E-state index contributed by atoms with van der Waals surface area (Å²) in [7, 11) is 0. The molecule has 3 aliphatic rings. The first kappa shape index (κ1) is 28.1. The topological polar surface area (TPSA) is 22.1 Å². The van der Waals surface area contributed by atoms with Crippen LogP contribution in [0.5, 0.6) is 0 Å². The van der Waals surface area contributed by atoms with Crippen LogP contribution in [0.15, 0.2) is 104 Å². The molecule has 0 amide bonds. The van der Waals surface area contributed by atoms with Gasteiger partial charge in [-0.1, -0.05) is 79.7 Å². The number of benzene rings is 4. The minimum Gasteiger partial charge on any atom is -1.00 e. The molecule has 41 heavy (non-hydrogen) atoms. The molecule has 0 aliphatic carbocycles. The summed E-state index contributed by atoms with van der Waals surface area (Å²) in [4.78, 5) is 4.70. The Hall–Kier alpha value is -3.05. The largest absolute Gasteiger partial charge is 1.00 e. The molecular weight excluding hydrogens is 568 g/mol. The van der Waals surface area contributed by atoms with Crippen LogP contribution in [0.4, 0.5) is 0 Å². The summed E-state index contributed by atoms with van der Waals surface area (Å²) in [5.74, 6) is 1.53. The maximum atomic E-state index is 6.82. The van der Waals surface area contributed by atoms with Crippen molar-refractivity contribution >= 4 is 32.4 Å². The summed E-state index contributed by atoms with van der Waals surface area (Å²) in [5, 5.41) is 6.67. The fourth-order valence-electron chi connectivity index (χ4n) is 8.18. The molecule has 8 rings (SSSR count). The number of piperidine rings is 3. The van der Waals surface area contributed by atoms with E-state index in [0.717, 1.165) is 28.4 Å². The molecule has 5 atom stereocenters. The average Bonchev–Trinajstić information content (AvgIpc) is 3.01. The van der Waals surface area contributed by atoms with Crippen LogP contribution in [-0.2, 0) is 11.3 Å². The van der Waals surface area contributed by atoms with Gasteiger partial charge in [-0.15, -0.1) is 6.58 Å². The van der Waals surface area contributed by atoms with Crippen molar-refractivity contribution in [2.75, 3.05) is 19.7 Å². The number of aromatic nitrogens is 1. The Morgan fingerprint density at radius 2 is 1.63 bits per heavy atom. The highest BCUT2D eigenvalue weighted by atomic mass is 79.9. The normalized spacial score (nSPS) is 24.4. The smallest absolute Gasteiger partial charge is 0.135 e. The number of quaternary nitrogens is 1. The molecule has 5 aromatic rings. The Bertz CT molecular complexity index is 1640. The third-order valence-electron chi connectivity index (χ3n) is 10.1. The van der Waals surface area contributed by atoms with Crippen molar-refractivity contribution in [3.63, 3.8) is 0 Å². The van der Waals surface area contributed by atoms with Gasteiger partial charge in [-0.2, -0.15) is 0 Å². The molecule has 0 saturated carbocycles. The maximum Gasteiger partial charge on any atom is 0.135 e. The van der Waals surface area contributed by atoms with Crippen LogP contribution in [-0.4, -0.2) is 35.2 Å². The van der Waals surface area contributed by atoms with Crippen molar-refractivity contribution in [1.29, 1.82) is 0 Å². The van der Waals surface area contributed by atoms with Crippen molar-refractivity contribution in [2.24, 2.45) is 11.8 Å². The molecule has 3 fully saturated rings. The third-order valence-corrected chi connectivity index (χ3v) is 10.1. The Balaban J connectivity index is 0.00000302. The summed E-state index contributed by atoms with van der Waals surface area (Å²) >= 11 is 0. The summed E-state index contributed by atoms with van der Waals surface area (Å²) in [6.07, 6.45) is 7.64. The molecule has 0 radical (unpaired) electrons. The minimum absolute atomic E-state index is 0. The van der Waals surface area contributed by atoms with Crippen molar-refractivity contribution in [3.05, 3.63) is 115 Å². The predicted molar refractivity (Wildman–Crippen MR) is 166 cm³/mol. The van der Waals surface area contributed by atoms with Gasteiger partial charge < -0.3 is 26.2 Å². The van der Waals surface area contributed by atoms with Crippen LogP contribution in [0.1, 0.15) is 43.4 Å². The zero-order chi connectivity index (χ0) is 27.1. The monoisotopic (exact) mass is 606 g/mol. The standard InChI is InChI=1S/C37H39N2O.BrH/c1-3-21-40-37(33-17-19-38-35-16-10-9-15-32(33)35)36-23-27-18-20-39(36,24-26(27)4-2)25-34-30-13-7-5-11-28(30)22-29-12-6-8-14-31(29)34;/h3,5-17,19,22,26-27,36-37H,1,4,18,20-21,23-25H2,2H3;1H/q+1;/p-1/t26-,27-,36-,37+,39?;/m0./s1. The van der Waals surface area contributed by atoms with Crippen molar-refractivity contribution in [3.8, 4) is 0 Å². The zero-order valence-corrected chi connectivity index (χ0v) is 25.5. The molecule has 1 unspecified atom stereocenters. The maximum absolute atomic E-state index is 6.82. The number of para-hydroxylation sites is 1. The molecule has 2 bridgehead atoms. The van der Waals surface area contributed by atoms with Gasteiger partial charge in [0, 0.05) is 35.9 Å². The quantitative estimate of drug-likeness (QED) is 0.130. The number of nitrogens with zero attached hydrogens (tertiary/aromatic N) is 2. The first-order chi connectivity index (χ1) is 19.7. The first-order valence-electron chi connectivity index (χ1n) is 15.0. The van der Waals surface area contributed by atoms with Gasteiger partial charge in [-0.25, -0.2) is 0 Å². The van der Waals surface area contributed by atoms with Crippen molar-refractivity contribution < 1.29 is 26.2 Å². The molecule has 4 heterocycles. The fourth-order valence-corrected chi connectivity index (χ4v) is 8.18. The van der Waals surface area contributed by atoms with E-state index in [1.54, 1.807) is 0 Å². The first-order valence-corrected chi connectivity index (χ1v) is 15.0. The van der Waals surface area contributed by atoms with Crippen LogP contribution >= 0.6 is 0 Å². The van der Waals surface area contributed by atoms with Gasteiger partial charge >= 0.3 is 0 Å². The number of halogens is 1. The predicted octanol–water partition coefficient (Wildman–Crippen LogP) is 5.62. The van der Waals surface area contributed by atoms with E-state index >= 15 is 0 Å². The zero-order valence-electron chi connectivity index (χ0n) is 23.9. The summed E-state index contributed by atoms with van der Waals surface area (Å²) in [6.45, 7) is 10.4. The molecule has 0 spiro atoms. The van der Waals surface area contributed by atoms with Gasteiger partial charge in [0.15, 0.2) is 0 Å². The van der Waals surface area contributed by atoms with Crippen LogP contribution in [0.3, 0.4) is 0 Å². The summed E-state index contributed by atoms with van der Waals surface area (Å²) in [5.41, 5.74) is 3.82. The highest BCUT2D eigenvalue weighted by Gasteiger charge is 2.55. The van der Waals surface area contributed by atoms with Crippen LogP contribution in [0.2, 0.25) is 0 Å². The van der Waals surface area contributed by atoms with Gasteiger partial charge in [0.1, 0.15) is 18.7 Å². The Kier molecular flexibility index (Phi) is 8.00. The lowest BCUT2D eigenvalue weighted by molar-refractivity contribution is -0.985. The molecule has 0 N–H and O–H groups in total. The molecule has 3 nitrogen and oxygen atoms in total. The highest BCUT2D eigenvalue weighted by molar-refractivity contribution is 6.02. The third kappa shape index (κ3) is 4.90.